The van der Waals surface area contributed by atoms with Crippen LogP contribution < -0.4 is 14.8 Å². The Hall–Kier alpha value is -3.06. The third-order valence-electron chi connectivity index (χ3n) is 6.56. The Morgan fingerprint density at radius 1 is 1.15 bits per heavy atom. The van der Waals surface area contributed by atoms with Crippen LogP contribution in [0.4, 0.5) is 0 Å². The van der Waals surface area contributed by atoms with E-state index in [1.165, 1.54) is 0 Å². The van der Waals surface area contributed by atoms with Crippen molar-refractivity contribution in [3.05, 3.63) is 80.6 Å². The zero-order valence-corrected chi connectivity index (χ0v) is 20.7. The fourth-order valence-corrected chi connectivity index (χ4v) is 5.56. The summed E-state index contributed by atoms with van der Waals surface area (Å²) in [5.74, 6) is 0.379. The SMILES string of the molecule is CCCOC(=O)C1=C(C)NC2=C(C(=O)C[C@@H](c3ccccc3)C2)[C@H]1c1cc2c(cc1Br)OCO2. The number of nitrogens with one attached hydrogen (secondary N) is 1. The van der Waals surface area contributed by atoms with Gasteiger partial charge in [-0.25, -0.2) is 4.79 Å². The highest BCUT2D eigenvalue weighted by molar-refractivity contribution is 9.10. The summed E-state index contributed by atoms with van der Waals surface area (Å²) in [6, 6.07) is 13.8. The van der Waals surface area contributed by atoms with E-state index in [0.29, 0.717) is 47.8 Å². The fraction of sp³-hybridized carbons (Fsp3) is 0.333. The number of hydrogen-bond donors (Lipinski definition) is 1. The maximum atomic E-state index is 13.7. The predicted octanol–water partition coefficient (Wildman–Crippen LogP) is 5.49. The van der Waals surface area contributed by atoms with E-state index in [9.17, 15) is 9.59 Å². The van der Waals surface area contributed by atoms with Gasteiger partial charge in [-0.2, -0.15) is 0 Å². The highest BCUT2D eigenvalue weighted by atomic mass is 79.9. The third kappa shape index (κ3) is 4.02. The van der Waals surface area contributed by atoms with Gasteiger partial charge in [0.25, 0.3) is 0 Å². The second kappa shape index (κ2) is 9.29. The fourth-order valence-electron chi connectivity index (χ4n) is 5.01. The number of ketones is 1. The Kier molecular flexibility index (Phi) is 6.21. The number of carbonyl (C=O) groups is 2. The molecule has 0 unspecified atom stereocenters. The first-order chi connectivity index (χ1) is 16.5. The molecule has 2 aromatic carbocycles. The lowest BCUT2D eigenvalue weighted by molar-refractivity contribution is -0.139. The molecule has 0 saturated heterocycles. The summed E-state index contributed by atoms with van der Waals surface area (Å²) in [4.78, 5) is 26.9. The number of esters is 1. The molecule has 0 saturated carbocycles. The molecule has 0 amide bonds. The molecule has 1 aliphatic carbocycles. The third-order valence-corrected chi connectivity index (χ3v) is 7.25. The maximum Gasteiger partial charge on any atom is 0.336 e. The average molecular weight is 524 g/mol. The lowest BCUT2D eigenvalue weighted by Crippen LogP contribution is -2.36. The van der Waals surface area contributed by atoms with Crippen LogP contribution in [0.25, 0.3) is 0 Å². The molecule has 5 rings (SSSR count). The van der Waals surface area contributed by atoms with Crippen molar-refractivity contribution in [1.82, 2.24) is 5.32 Å². The van der Waals surface area contributed by atoms with Gasteiger partial charge in [-0.1, -0.05) is 53.2 Å². The molecule has 0 spiro atoms. The van der Waals surface area contributed by atoms with Gasteiger partial charge >= 0.3 is 5.97 Å². The number of fused-ring (bicyclic) bond motifs is 1. The average Bonchev–Trinajstić information content (AvgIpc) is 3.28. The van der Waals surface area contributed by atoms with E-state index in [1.54, 1.807) is 0 Å². The highest BCUT2D eigenvalue weighted by Crippen LogP contribution is 2.49. The lowest BCUT2D eigenvalue weighted by atomic mass is 9.71. The van der Waals surface area contributed by atoms with E-state index in [0.717, 1.165) is 27.7 Å². The van der Waals surface area contributed by atoms with Gasteiger partial charge in [0, 0.05) is 33.8 Å². The molecule has 0 radical (unpaired) electrons. The normalized spacial score (nSPS) is 21.3. The molecule has 6 nitrogen and oxygen atoms in total. The van der Waals surface area contributed by atoms with Gasteiger partial charge in [-0.3, -0.25) is 4.79 Å². The first-order valence-electron chi connectivity index (χ1n) is 11.5. The van der Waals surface area contributed by atoms with Gasteiger partial charge in [0.05, 0.1) is 12.2 Å². The minimum atomic E-state index is -0.561. The first kappa shape index (κ1) is 22.7. The van der Waals surface area contributed by atoms with E-state index >= 15 is 0 Å². The van der Waals surface area contributed by atoms with E-state index in [1.807, 2.05) is 44.2 Å². The van der Waals surface area contributed by atoms with Gasteiger partial charge in [0.15, 0.2) is 17.3 Å². The molecule has 7 heteroatoms. The number of benzene rings is 2. The van der Waals surface area contributed by atoms with Gasteiger partial charge in [0.2, 0.25) is 6.79 Å². The van der Waals surface area contributed by atoms with Crippen LogP contribution in [0.5, 0.6) is 11.5 Å². The van der Waals surface area contributed by atoms with Crippen molar-refractivity contribution in [3.8, 4) is 11.5 Å². The first-order valence-corrected chi connectivity index (χ1v) is 12.3. The summed E-state index contributed by atoms with van der Waals surface area (Å²) in [5.41, 5.74) is 4.58. The molecule has 2 aromatic rings. The van der Waals surface area contributed by atoms with Gasteiger partial charge in [-0.05, 0) is 48.9 Å². The predicted molar refractivity (Wildman–Crippen MR) is 131 cm³/mol. The van der Waals surface area contributed by atoms with Crippen LogP contribution in [0.15, 0.2) is 69.5 Å². The number of allylic oxidation sites excluding steroid dienone is 3. The van der Waals surface area contributed by atoms with Crippen LogP contribution in [-0.4, -0.2) is 25.2 Å². The standard InChI is InChI=1S/C27H26BrNO5/c1-3-9-32-27(31)24-15(2)29-20-10-17(16-7-5-4-6-8-16)11-21(30)26(20)25(24)18-12-22-23(13-19(18)28)34-14-33-22/h4-8,12-13,17,25,29H,3,9-11,14H2,1-2H3/t17-,25-/m0/s1. The molecular weight excluding hydrogens is 498 g/mol. The minimum Gasteiger partial charge on any atom is -0.462 e. The van der Waals surface area contributed by atoms with Gasteiger partial charge in [-0.15, -0.1) is 0 Å². The summed E-state index contributed by atoms with van der Waals surface area (Å²) in [7, 11) is 0. The molecule has 0 aromatic heterocycles. The smallest absolute Gasteiger partial charge is 0.336 e. The lowest BCUT2D eigenvalue weighted by Gasteiger charge is -2.37. The number of rotatable bonds is 5. The van der Waals surface area contributed by atoms with Crippen molar-refractivity contribution in [2.45, 2.75) is 44.9 Å². The molecule has 0 bridgehead atoms. The number of ether oxygens (including phenoxy) is 3. The van der Waals surface area contributed by atoms with Crippen LogP contribution in [-0.2, 0) is 14.3 Å². The molecule has 2 aliphatic heterocycles. The van der Waals surface area contributed by atoms with Crippen LogP contribution in [0, 0.1) is 0 Å². The summed E-state index contributed by atoms with van der Waals surface area (Å²) in [6.07, 6.45) is 1.80. The van der Waals surface area contributed by atoms with Crippen molar-refractivity contribution in [3.63, 3.8) is 0 Å². The Bertz CT molecular complexity index is 1220. The van der Waals surface area contributed by atoms with Crippen molar-refractivity contribution < 1.29 is 23.8 Å². The molecule has 2 heterocycles. The zero-order valence-electron chi connectivity index (χ0n) is 19.2. The molecule has 2 atom stereocenters. The number of halogens is 1. The van der Waals surface area contributed by atoms with E-state index in [2.05, 4.69) is 33.4 Å². The number of Topliss-reactive ketones (excluding diaryl/α,β-unsaturated/α-hetero) is 1. The monoisotopic (exact) mass is 523 g/mol. The van der Waals surface area contributed by atoms with Gasteiger partial charge in [0.1, 0.15) is 0 Å². The molecule has 3 aliphatic rings. The molecule has 176 valence electrons. The van der Waals surface area contributed by atoms with Crippen LogP contribution in [0.3, 0.4) is 0 Å². The van der Waals surface area contributed by atoms with Crippen molar-refractivity contribution in [2.24, 2.45) is 0 Å². The Morgan fingerprint density at radius 2 is 1.88 bits per heavy atom. The summed E-state index contributed by atoms with van der Waals surface area (Å²) < 4.78 is 17.4. The second-order valence-electron chi connectivity index (χ2n) is 8.79. The number of dihydropyridines is 1. The number of hydrogen-bond acceptors (Lipinski definition) is 6. The van der Waals surface area contributed by atoms with Crippen LogP contribution >= 0.6 is 15.9 Å². The summed E-state index contributed by atoms with van der Waals surface area (Å²) in [6.45, 7) is 4.29. The summed E-state index contributed by atoms with van der Waals surface area (Å²) in [5, 5.41) is 3.39. The molecule has 0 fully saturated rings. The van der Waals surface area contributed by atoms with Gasteiger partial charge < -0.3 is 19.5 Å². The molecule has 1 N–H and O–H groups in total. The van der Waals surface area contributed by atoms with Crippen molar-refractivity contribution in [1.29, 1.82) is 0 Å². The topological polar surface area (TPSA) is 73.9 Å². The minimum absolute atomic E-state index is 0.0328. The van der Waals surface area contributed by atoms with Crippen LogP contribution in [0.1, 0.15) is 56.1 Å². The zero-order chi connectivity index (χ0) is 23.8. The van der Waals surface area contributed by atoms with E-state index in [-0.39, 0.29) is 18.5 Å². The van der Waals surface area contributed by atoms with Crippen LogP contribution in [0.2, 0.25) is 0 Å². The Labute approximate surface area is 207 Å². The Balaban J connectivity index is 1.62. The second-order valence-corrected chi connectivity index (χ2v) is 9.65. The maximum absolute atomic E-state index is 13.7. The van der Waals surface area contributed by atoms with E-state index in [4.69, 9.17) is 14.2 Å². The largest absolute Gasteiger partial charge is 0.462 e. The summed E-state index contributed by atoms with van der Waals surface area (Å²) >= 11 is 3.66. The molecular formula is C27H26BrNO5. The quantitative estimate of drug-likeness (QED) is 0.522. The van der Waals surface area contributed by atoms with E-state index < -0.39 is 11.9 Å². The number of carbonyl (C=O) groups excluding carboxylic acids is 2. The van der Waals surface area contributed by atoms with Crippen molar-refractivity contribution in [2.75, 3.05) is 13.4 Å². The molecule has 34 heavy (non-hydrogen) atoms. The Morgan fingerprint density at radius 3 is 2.62 bits per heavy atom. The van der Waals surface area contributed by atoms with Crippen molar-refractivity contribution >= 4 is 27.7 Å². The highest BCUT2D eigenvalue weighted by Gasteiger charge is 2.42.